The number of esters is 1. The van der Waals surface area contributed by atoms with Crippen LogP contribution in [0.4, 0.5) is 4.79 Å². The second-order valence-electron chi connectivity index (χ2n) is 7.16. The van der Waals surface area contributed by atoms with Gasteiger partial charge in [0.05, 0.1) is 6.10 Å². The fraction of sp³-hybridized carbons (Fsp3) is 0.875. The summed E-state index contributed by atoms with van der Waals surface area (Å²) >= 11 is 0. The fourth-order valence-corrected chi connectivity index (χ4v) is 2.57. The van der Waals surface area contributed by atoms with E-state index in [2.05, 4.69) is 0 Å². The van der Waals surface area contributed by atoms with Gasteiger partial charge in [0, 0.05) is 32.0 Å². The summed E-state index contributed by atoms with van der Waals surface area (Å²) in [4.78, 5) is 25.5. The normalized spacial score (nSPS) is 22.6. The molecule has 2 atom stereocenters. The first-order chi connectivity index (χ1) is 10.1. The summed E-state index contributed by atoms with van der Waals surface area (Å²) in [7, 11) is 0. The molecule has 0 aromatic carbocycles. The summed E-state index contributed by atoms with van der Waals surface area (Å²) in [6.07, 6.45) is 0.444. The van der Waals surface area contributed by atoms with Crippen molar-refractivity contribution in [2.45, 2.75) is 59.2 Å². The van der Waals surface area contributed by atoms with E-state index in [0.717, 1.165) is 0 Å². The number of piperidine rings is 1. The number of ether oxygens (including phenoxy) is 2. The zero-order valence-electron chi connectivity index (χ0n) is 14.3. The highest BCUT2D eigenvalue weighted by molar-refractivity contribution is 5.70. The molecular weight excluding hydrogens is 286 g/mol. The summed E-state index contributed by atoms with van der Waals surface area (Å²) in [6, 6.07) is 0. The molecule has 1 saturated heterocycles. The summed E-state index contributed by atoms with van der Waals surface area (Å²) in [5.74, 6) is -0.333. The number of carbonyl (C=O) groups excluding carboxylic acids is 2. The van der Waals surface area contributed by atoms with Crippen LogP contribution in [-0.4, -0.2) is 53.5 Å². The van der Waals surface area contributed by atoms with Gasteiger partial charge in [-0.3, -0.25) is 4.79 Å². The number of likely N-dealkylation sites (tertiary alicyclic amines) is 1. The van der Waals surface area contributed by atoms with E-state index in [0.29, 0.717) is 19.5 Å². The van der Waals surface area contributed by atoms with Crippen molar-refractivity contribution >= 4 is 12.1 Å². The minimum Gasteiger partial charge on any atom is -0.463 e. The van der Waals surface area contributed by atoms with E-state index >= 15 is 0 Å². The first-order valence-electron chi connectivity index (χ1n) is 7.90. The largest absolute Gasteiger partial charge is 0.463 e. The van der Waals surface area contributed by atoms with Crippen LogP contribution in [0.25, 0.3) is 0 Å². The van der Waals surface area contributed by atoms with Gasteiger partial charge in [0.2, 0.25) is 0 Å². The molecule has 1 unspecified atom stereocenters. The van der Waals surface area contributed by atoms with Crippen LogP contribution in [0.1, 0.15) is 47.5 Å². The molecule has 22 heavy (non-hydrogen) atoms. The maximum Gasteiger partial charge on any atom is 0.410 e. The molecule has 1 rings (SSSR count). The van der Waals surface area contributed by atoms with Gasteiger partial charge in [-0.15, -0.1) is 0 Å². The molecule has 0 saturated carbocycles. The lowest BCUT2D eigenvalue weighted by atomic mass is 9.84. The Bertz CT molecular complexity index is 388. The molecular formula is C16H29NO5. The summed E-state index contributed by atoms with van der Waals surface area (Å²) in [6.45, 7) is 9.98. The fourth-order valence-electron chi connectivity index (χ4n) is 2.57. The number of hydrogen-bond acceptors (Lipinski definition) is 5. The van der Waals surface area contributed by atoms with Crippen LogP contribution in [-0.2, 0) is 14.3 Å². The van der Waals surface area contributed by atoms with Crippen LogP contribution in [0.5, 0.6) is 0 Å². The average molecular weight is 315 g/mol. The van der Waals surface area contributed by atoms with Gasteiger partial charge in [0.15, 0.2) is 0 Å². The van der Waals surface area contributed by atoms with Crippen molar-refractivity contribution in [3.63, 3.8) is 0 Å². The number of amides is 1. The average Bonchev–Trinajstić information content (AvgIpc) is 2.35. The zero-order valence-corrected chi connectivity index (χ0v) is 14.3. The highest BCUT2D eigenvalue weighted by atomic mass is 16.6. The minimum atomic E-state index is -0.538. The van der Waals surface area contributed by atoms with E-state index < -0.39 is 5.60 Å². The molecule has 6 nitrogen and oxygen atoms in total. The van der Waals surface area contributed by atoms with E-state index in [1.807, 2.05) is 34.6 Å². The number of aliphatic hydroxyl groups is 1. The summed E-state index contributed by atoms with van der Waals surface area (Å²) in [5.41, 5.74) is -0.538. The first kappa shape index (κ1) is 18.7. The Hall–Kier alpha value is -1.30. The molecule has 0 aromatic heterocycles. The van der Waals surface area contributed by atoms with Gasteiger partial charge < -0.3 is 19.5 Å². The summed E-state index contributed by atoms with van der Waals surface area (Å²) < 4.78 is 10.5. The predicted octanol–water partition coefficient (Wildman–Crippen LogP) is 2.19. The van der Waals surface area contributed by atoms with Crippen LogP contribution < -0.4 is 0 Å². The number of rotatable bonds is 4. The molecule has 0 spiro atoms. The number of nitrogens with zero attached hydrogens (tertiary/aromatic N) is 1. The van der Waals surface area contributed by atoms with E-state index in [-0.39, 0.29) is 43.0 Å². The quantitative estimate of drug-likeness (QED) is 0.805. The van der Waals surface area contributed by atoms with Crippen molar-refractivity contribution < 1.29 is 24.2 Å². The molecule has 6 heteroatoms. The molecule has 0 aliphatic carbocycles. The van der Waals surface area contributed by atoms with Crippen LogP contribution in [0.3, 0.4) is 0 Å². The van der Waals surface area contributed by atoms with Crippen molar-refractivity contribution in [2.75, 3.05) is 19.7 Å². The van der Waals surface area contributed by atoms with Crippen LogP contribution >= 0.6 is 0 Å². The molecule has 0 bridgehead atoms. The molecule has 1 N–H and O–H groups in total. The van der Waals surface area contributed by atoms with Crippen LogP contribution in [0.2, 0.25) is 0 Å². The summed E-state index contributed by atoms with van der Waals surface area (Å²) in [5, 5.41) is 9.56. The topological polar surface area (TPSA) is 76.1 Å². The Morgan fingerprint density at radius 2 is 1.91 bits per heavy atom. The molecule has 1 amide bonds. The third-order valence-electron chi connectivity index (χ3n) is 3.57. The molecule has 1 fully saturated rings. The van der Waals surface area contributed by atoms with E-state index in [1.54, 1.807) is 4.90 Å². The van der Waals surface area contributed by atoms with Gasteiger partial charge in [-0.2, -0.15) is 0 Å². The lowest BCUT2D eigenvalue weighted by molar-refractivity contribution is -0.149. The smallest absolute Gasteiger partial charge is 0.410 e. The maximum atomic E-state index is 12.1. The third kappa shape index (κ3) is 6.22. The van der Waals surface area contributed by atoms with E-state index in [1.165, 1.54) is 0 Å². The molecule has 1 heterocycles. The van der Waals surface area contributed by atoms with Gasteiger partial charge in [0.1, 0.15) is 5.60 Å². The second-order valence-corrected chi connectivity index (χ2v) is 7.16. The van der Waals surface area contributed by atoms with Gasteiger partial charge in [0.25, 0.3) is 0 Å². The van der Waals surface area contributed by atoms with E-state index in [4.69, 9.17) is 9.47 Å². The van der Waals surface area contributed by atoms with E-state index in [9.17, 15) is 14.7 Å². The molecule has 0 aromatic rings. The van der Waals surface area contributed by atoms with Gasteiger partial charge in [-0.25, -0.2) is 4.79 Å². The molecule has 0 radical (unpaired) electrons. The number of carbonyl (C=O) groups is 2. The maximum absolute atomic E-state index is 12.1. The monoisotopic (exact) mass is 315 g/mol. The van der Waals surface area contributed by atoms with Crippen molar-refractivity contribution in [3.05, 3.63) is 0 Å². The van der Waals surface area contributed by atoms with Crippen molar-refractivity contribution in [1.82, 2.24) is 4.90 Å². The highest BCUT2D eigenvalue weighted by Crippen LogP contribution is 2.28. The van der Waals surface area contributed by atoms with Gasteiger partial charge >= 0.3 is 12.1 Å². The number of aliphatic hydroxyl groups excluding tert-OH is 1. The Morgan fingerprint density at radius 3 is 2.41 bits per heavy atom. The lowest BCUT2D eigenvalue weighted by Crippen LogP contribution is -2.47. The van der Waals surface area contributed by atoms with Crippen LogP contribution in [0.15, 0.2) is 0 Å². The molecule has 128 valence electrons. The third-order valence-corrected chi connectivity index (χ3v) is 3.57. The SMILES string of the molecule is CC(C)OC(=O)C[C@@H]1CCN(C(=O)OC(C)(C)C)CC1CO. The Kier molecular flexibility index (Phi) is 6.66. The second kappa shape index (κ2) is 7.81. The predicted molar refractivity (Wildman–Crippen MR) is 82.3 cm³/mol. The van der Waals surface area contributed by atoms with Crippen molar-refractivity contribution in [3.8, 4) is 0 Å². The number of hydrogen-bond donors (Lipinski definition) is 1. The molecule has 1 aliphatic rings. The van der Waals surface area contributed by atoms with Crippen LogP contribution in [0, 0.1) is 11.8 Å². The Labute approximate surface area is 132 Å². The first-order valence-corrected chi connectivity index (χ1v) is 7.90. The van der Waals surface area contributed by atoms with Gasteiger partial charge in [-0.05, 0) is 47.0 Å². The van der Waals surface area contributed by atoms with Crippen molar-refractivity contribution in [1.29, 1.82) is 0 Å². The Balaban J connectivity index is 2.56. The highest BCUT2D eigenvalue weighted by Gasteiger charge is 2.34. The van der Waals surface area contributed by atoms with Crippen molar-refractivity contribution in [2.24, 2.45) is 11.8 Å². The Morgan fingerprint density at radius 1 is 1.27 bits per heavy atom. The zero-order chi connectivity index (χ0) is 16.9. The standard InChI is InChI=1S/C16H29NO5/c1-11(2)21-14(19)8-12-6-7-17(9-13(12)10-18)15(20)22-16(3,4)5/h11-13,18H,6-10H2,1-5H3/t12-,13?/m0/s1. The lowest BCUT2D eigenvalue weighted by Gasteiger charge is -2.38. The minimum absolute atomic E-state index is 0.0370. The van der Waals surface area contributed by atoms with Gasteiger partial charge in [-0.1, -0.05) is 0 Å². The molecule has 1 aliphatic heterocycles.